The third-order valence-corrected chi connectivity index (χ3v) is 2.52. The molecule has 3 nitrogen and oxygen atoms in total. The molecule has 3 N–H and O–H groups in total. The number of rotatable bonds is 2. The fourth-order valence-corrected chi connectivity index (χ4v) is 1.70. The highest BCUT2D eigenvalue weighted by Gasteiger charge is 2.10. The molecule has 0 aliphatic heterocycles. The molecule has 0 saturated carbocycles. The fraction of sp³-hybridized carbons (Fsp3) is 0. The van der Waals surface area contributed by atoms with Gasteiger partial charge in [0.2, 0.25) is 0 Å². The number of carbonyl (C=O) groups excluding carboxylic acids is 1. The van der Waals surface area contributed by atoms with Crippen molar-refractivity contribution in [2.24, 2.45) is 5.84 Å². The zero-order valence-electron chi connectivity index (χ0n) is 8.73. The van der Waals surface area contributed by atoms with Crippen molar-refractivity contribution in [1.29, 1.82) is 0 Å². The standard InChI is InChI=1S/C13H12N2O/c1-9(13(16)15-14)11-8-4-6-10-5-2-3-7-12(10)11/h2-8H,1,14H2,(H,15,16). The molecule has 0 radical (unpaired) electrons. The van der Waals surface area contributed by atoms with Crippen molar-refractivity contribution in [3.8, 4) is 0 Å². The molecule has 0 saturated heterocycles. The van der Waals surface area contributed by atoms with Gasteiger partial charge in [-0.1, -0.05) is 49.0 Å². The first kappa shape index (κ1) is 10.4. The summed E-state index contributed by atoms with van der Waals surface area (Å²) in [6.45, 7) is 3.75. The molecule has 0 unspecified atom stereocenters. The van der Waals surface area contributed by atoms with Crippen LogP contribution >= 0.6 is 0 Å². The van der Waals surface area contributed by atoms with Gasteiger partial charge in [-0.15, -0.1) is 0 Å². The topological polar surface area (TPSA) is 55.1 Å². The molecule has 80 valence electrons. The number of hydrogen-bond acceptors (Lipinski definition) is 2. The van der Waals surface area contributed by atoms with E-state index in [0.717, 1.165) is 16.3 Å². The van der Waals surface area contributed by atoms with Gasteiger partial charge in [-0.2, -0.15) is 0 Å². The zero-order valence-corrected chi connectivity index (χ0v) is 8.73. The number of hydrazine groups is 1. The van der Waals surface area contributed by atoms with E-state index in [4.69, 9.17) is 5.84 Å². The Morgan fingerprint density at radius 2 is 1.81 bits per heavy atom. The maximum atomic E-state index is 11.4. The van der Waals surface area contributed by atoms with Crippen LogP contribution in [0.5, 0.6) is 0 Å². The number of nitrogens with two attached hydrogens (primary N) is 1. The zero-order chi connectivity index (χ0) is 11.5. The van der Waals surface area contributed by atoms with Crippen LogP contribution in [0.1, 0.15) is 5.56 Å². The van der Waals surface area contributed by atoms with Gasteiger partial charge in [0.1, 0.15) is 0 Å². The Hall–Kier alpha value is -2.13. The summed E-state index contributed by atoms with van der Waals surface area (Å²) >= 11 is 0. The van der Waals surface area contributed by atoms with Crippen LogP contribution < -0.4 is 11.3 Å². The molecule has 0 spiro atoms. The van der Waals surface area contributed by atoms with Crippen LogP contribution in [-0.4, -0.2) is 5.91 Å². The SMILES string of the molecule is C=C(C(=O)NN)c1cccc2ccccc12. The summed E-state index contributed by atoms with van der Waals surface area (Å²) in [6.07, 6.45) is 0. The monoisotopic (exact) mass is 212 g/mol. The molecule has 0 aromatic heterocycles. The second-order valence-corrected chi connectivity index (χ2v) is 3.48. The van der Waals surface area contributed by atoms with Crippen LogP contribution in [0.2, 0.25) is 0 Å². The summed E-state index contributed by atoms with van der Waals surface area (Å²) in [6, 6.07) is 13.6. The third kappa shape index (κ3) is 1.68. The summed E-state index contributed by atoms with van der Waals surface area (Å²) in [5.74, 6) is 4.73. The molecule has 0 aliphatic carbocycles. The van der Waals surface area contributed by atoms with Gasteiger partial charge in [-0.05, 0) is 16.3 Å². The lowest BCUT2D eigenvalue weighted by molar-refractivity contribution is -0.115. The largest absolute Gasteiger partial charge is 0.290 e. The quantitative estimate of drug-likeness (QED) is 0.345. The molecule has 1 amide bonds. The second-order valence-electron chi connectivity index (χ2n) is 3.48. The smallest absolute Gasteiger partial charge is 0.265 e. The molecule has 0 atom stereocenters. The van der Waals surface area contributed by atoms with Crippen LogP contribution in [0.15, 0.2) is 49.0 Å². The van der Waals surface area contributed by atoms with Crippen molar-refractivity contribution in [2.45, 2.75) is 0 Å². The lowest BCUT2D eigenvalue weighted by Crippen LogP contribution is -2.30. The van der Waals surface area contributed by atoms with E-state index in [2.05, 4.69) is 12.0 Å². The summed E-state index contributed by atoms with van der Waals surface area (Å²) in [5, 5.41) is 2.07. The van der Waals surface area contributed by atoms with Crippen LogP contribution in [-0.2, 0) is 4.79 Å². The van der Waals surface area contributed by atoms with E-state index in [-0.39, 0.29) is 5.91 Å². The van der Waals surface area contributed by atoms with Crippen molar-refractivity contribution in [3.63, 3.8) is 0 Å². The first-order valence-corrected chi connectivity index (χ1v) is 4.92. The van der Waals surface area contributed by atoms with E-state index < -0.39 is 0 Å². The van der Waals surface area contributed by atoms with Gasteiger partial charge in [-0.3, -0.25) is 10.2 Å². The number of fused-ring (bicyclic) bond motifs is 1. The summed E-state index contributed by atoms with van der Waals surface area (Å²) in [5.41, 5.74) is 3.27. The van der Waals surface area contributed by atoms with E-state index >= 15 is 0 Å². The van der Waals surface area contributed by atoms with Gasteiger partial charge >= 0.3 is 0 Å². The molecule has 3 heteroatoms. The van der Waals surface area contributed by atoms with Crippen molar-refractivity contribution < 1.29 is 4.79 Å². The maximum Gasteiger partial charge on any atom is 0.265 e. The predicted molar refractivity (Wildman–Crippen MR) is 65.3 cm³/mol. The summed E-state index contributed by atoms with van der Waals surface area (Å²) in [4.78, 5) is 11.4. The Kier molecular flexibility index (Phi) is 2.70. The van der Waals surface area contributed by atoms with Crippen LogP contribution in [0, 0.1) is 0 Å². The molecule has 2 aromatic carbocycles. The van der Waals surface area contributed by atoms with E-state index in [1.807, 2.05) is 42.5 Å². The molecule has 0 aliphatic rings. The summed E-state index contributed by atoms with van der Waals surface area (Å²) < 4.78 is 0. The highest BCUT2D eigenvalue weighted by Crippen LogP contribution is 2.23. The first-order valence-electron chi connectivity index (χ1n) is 4.92. The number of carbonyl (C=O) groups is 1. The highest BCUT2D eigenvalue weighted by atomic mass is 16.2. The van der Waals surface area contributed by atoms with Crippen LogP contribution in [0.4, 0.5) is 0 Å². The Labute approximate surface area is 93.5 Å². The predicted octanol–water partition coefficient (Wildman–Crippen LogP) is 1.84. The minimum Gasteiger partial charge on any atom is -0.290 e. The lowest BCUT2D eigenvalue weighted by atomic mass is 9.99. The molecule has 0 fully saturated rings. The molecule has 2 aromatic rings. The van der Waals surface area contributed by atoms with Gasteiger partial charge < -0.3 is 0 Å². The van der Waals surface area contributed by atoms with Crippen molar-refractivity contribution >= 4 is 22.3 Å². The second kappa shape index (κ2) is 4.16. The molecular weight excluding hydrogens is 200 g/mol. The molecule has 16 heavy (non-hydrogen) atoms. The van der Waals surface area contributed by atoms with Gasteiger partial charge in [0.25, 0.3) is 5.91 Å². The minimum absolute atomic E-state index is 0.364. The first-order chi connectivity index (χ1) is 7.74. The van der Waals surface area contributed by atoms with E-state index in [0.29, 0.717) is 5.57 Å². The molecule has 2 rings (SSSR count). The summed E-state index contributed by atoms with van der Waals surface area (Å²) in [7, 11) is 0. The number of amides is 1. The Bertz CT molecular complexity index is 555. The van der Waals surface area contributed by atoms with Crippen LogP contribution in [0.3, 0.4) is 0 Å². The average Bonchev–Trinajstić information content (AvgIpc) is 2.36. The van der Waals surface area contributed by atoms with E-state index in [9.17, 15) is 4.79 Å². The van der Waals surface area contributed by atoms with Crippen LogP contribution in [0.25, 0.3) is 16.3 Å². The maximum absolute atomic E-state index is 11.4. The third-order valence-electron chi connectivity index (χ3n) is 2.52. The molecular formula is C13H12N2O. The molecule has 0 bridgehead atoms. The number of hydrogen-bond donors (Lipinski definition) is 2. The van der Waals surface area contributed by atoms with E-state index in [1.54, 1.807) is 0 Å². The Morgan fingerprint density at radius 1 is 1.12 bits per heavy atom. The minimum atomic E-state index is -0.364. The van der Waals surface area contributed by atoms with E-state index in [1.165, 1.54) is 0 Å². The van der Waals surface area contributed by atoms with Gasteiger partial charge in [0, 0.05) is 5.57 Å². The van der Waals surface area contributed by atoms with Gasteiger partial charge in [0.05, 0.1) is 0 Å². The van der Waals surface area contributed by atoms with Gasteiger partial charge in [0.15, 0.2) is 0 Å². The van der Waals surface area contributed by atoms with Crippen molar-refractivity contribution in [2.75, 3.05) is 0 Å². The Balaban J connectivity index is 2.61. The highest BCUT2D eigenvalue weighted by molar-refractivity contribution is 6.21. The number of nitrogens with one attached hydrogen (secondary N) is 1. The van der Waals surface area contributed by atoms with Crippen molar-refractivity contribution in [3.05, 3.63) is 54.6 Å². The normalized spacial score (nSPS) is 10.1. The Morgan fingerprint density at radius 3 is 2.56 bits per heavy atom. The van der Waals surface area contributed by atoms with Crippen molar-refractivity contribution in [1.82, 2.24) is 5.43 Å². The van der Waals surface area contributed by atoms with Gasteiger partial charge in [-0.25, -0.2) is 5.84 Å². The number of benzene rings is 2. The fourth-order valence-electron chi connectivity index (χ4n) is 1.70. The lowest BCUT2D eigenvalue weighted by Gasteiger charge is -2.07. The average molecular weight is 212 g/mol. The molecule has 0 heterocycles.